The summed E-state index contributed by atoms with van der Waals surface area (Å²) in [6.07, 6.45) is 0.258. The fourth-order valence-electron chi connectivity index (χ4n) is 1.44. The molecule has 0 aromatic heterocycles. The number of hydrogen-bond acceptors (Lipinski definition) is 3. The van der Waals surface area contributed by atoms with Crippen molar-refractivity contribution in [3.8, 4) is 5.75 Å². The smallest absolute Gasteiger partial charge is 0.225 e. The molecule has 0 fully saturated rings. The van der Waals surface area contributed by atoms with Crippen molar-refractivity contribution in [2.45, 2.75) is 6.42 Å². The van der Waals surface area contributed by atoms with Gasteiger partial charge in [0.15, 0.2) is 0 Å². The Labute approximate surface area is 117 Å². The molecule has 4 nitrogen and oxygen atoms in total. The van der Waals surface area contributed by atoms with E-state index in [1.807, 2.05) is 7.05 Å². The van der Waals surface area contributed by atoms with E-state index in [0.717, 1.165) is 6.54 Å². The molecule has 0 aliphatic rings. The highest BCUT2D eigenvalue weighted by Crippen LogP contribution is 2.24. The predicted octanol–water partition coefficient (Wildman–Crippen LogP) is 1.93. The molecule has 6 heteroatoms. The van der Waals surface area contributed by atoms with Gasteiger partial charge in [0.2, 0.25) is 5.91 Å². The van der Waals surface area contributed by atoms with Crippen molar-refractivity contribution in [2.24, 2.45) is 0 Å². The second-order valence-electron chi connectivity index (χ2n) is 4.09. The molecule has 1 aromatic rings. The van der Waals surface area contributed by atoms with E-state index in [2.05, 4.69) is 5.32 Å². The van der Waals surface area contributed by atoms with Crippen LogP contribution in [0.5, 0.6) is 5.75 Å². The molecule has 19 heavy (non-hydrogen) atoms. The summed E-state index contributed by atoms with van der Waals surface area (Å²) in [6, 6.07) is 3.90. The number of halogens is 2. The molecule has 1 aromatic carbocycles. The zero-order chi connectivity index (χ0) is 14.3. The second kappa shape index (κ2) is 7.96. The lowest BCUT2D eigenvalue weighted by Gasteiger charge is -2.17. The normalized spacial score (nSPS) is 10.3. The average Bonchev–Trinajstić information content (AvgIpc) is 2.38. The van der Waals surface area contributed by atoms with Crippen LogP contribution in [0.3, 0.4) is 0 Å². The monoisotopic (exact) mass is 288 g/mol. The van der Waals surface area contributed by atoms with Crippen LogP contribution in [0, 0.1) is 5.82 Å². The lowest BCUT2D eigenvalue weighted by atomic mass is 10.3. The van der Waals surface area contributed by atoms with Crippen LogP contribution in [0.15, 0.2) is 18.2 Å². The lowest BCUT2D eigenvalue weighted by molar-refractivity contribution is -0.130. The number of likely N-dealkylation sites (N-methyl/N-ethyl adjacent to an activating group) is 2. The third kappa shape index (κ3) is 5.44. The number of nitrogens with zero attached hydrogens (tertiary/aromatic N) is 1. The van der Waals surface area contributed by atoms with E-state index in [0.29, 0.717) is 12.3 Å². The molecule has 0 aliphatic carbocycles. The maximum absolute atomic E-state index is 12.8. The number of carbonyl (C=O) groups is 1. The van der Waals surface area contributed by atoms with Crippen LogP contribution in [0.4, 0.5) is 4.39 Å². The van der Waals surface area contributed by atoms with E-state index in [-0.39, 0.29) is 24.0 Å². The Morgan fingerprint density at radius 2 is 2.26 bits per heavy atom. The fourth-order valence-corrected chi connectivity index (χ4v) is 1.66. The quantitative estimate of drug-likeness (QED) is 0.833. The van der Waals surface area contributed by atoms with Crippen LogP contribution >= 0.6 is 11.6 Å². The van der Waals surface area contributed by atoms with Crippen molar-refractivity contribution in [1.29, 1.82) is 0 Å². The van der Waals surface area contributed by atoms with Gasteiger partial charge >= 0.3 is 0 Å². The standard InChI is InChI=1S/C13H18ClFN2O2/c1-16-6-7-17(2)13(18)5-8-19-12-4-3-10(15)9-11(12)14/h3-4,9,16H,5-8H2,1-2H3. The van der Waals surface area contributed by atoms with Crippen LogP contribution in [-0.4, -0.2) is 44.6 Å². The molecule has 1 amide bonds. The molecule has 0 radical (unpaired) electrons. The van der Waals surface area contributed by atoms with Crippen molar-refractivity contribution >= 4 is 17.5 Å². The van der Waals surface area contributed by atoms with Crippen LogP contribution in [0.25, 0.3) is 0 Å². The van der Waals surface area contributed by atoms with Crippen LogP contribution < -0.4 is 10.1 Å². The Morgan fingerprint density at radius 1 is 1.53 bits per heavy atom. The Morgan fingerprint density at radius 3 is 2.89 bits per heavy atom. The van der Waals surface area contributed by atoms with Crippen molar-refractivity contribution in [2.75, 3.05) is 33.8 Å². The van der Waals surface area contributed by atoms with E-state index in [4.69, 9.17) is 16.3 Å². The van der Waals surface area contributed by atoms with Gasteiger partial charge in [-0.3, -0.25) is 4.79 Å². The van der Waals surface area contributed by atoms with Crippen LogP contribution in [0.1, 0.15) is 6.42 Å². The molecule has 0 bridgehead atoms. The van der Waals surface area contributed by atoms with Gasteiger partial charge in [0.25, 0.3) is 0 Å². The first-order valence-corrected chi connectivity index (χ1v) is 6.39. The largest absolute Gasteiger partial charge is 0.491 e. The van der Waals surface area contributed by atoms with Gasteiger partial charge in [0, 0.05) is 20.1 Å². The van der Waals surface area contributed by atoms with Gasteiger partial charge in [-0.25, -0.2) is 4.39 Å². The molecular formula is C13H18ClFN2O2. The van der Waals surface area contributed by atoms with Gasteiger partial charge in [0.1, 0.15) is 11.6 Å². The molecule has 106 valence electrons. The topological polar surface area (TPSA) is 41.6 Å². The zero-order valence-corrected chi connectivity index (χ0v) is 11.8. The Bertz CT molecular complexity index is 429. The molecule has 0 atom stereocenters. The minimum atomic E-state index is -0.416. The molecule has 0 heterocycles. The second-order valence-corrected chi connectivity index (χ2v) is 4.50. The van der Waals surface area contributed by atoms with Gasteiger partial charge < -0.3 is 15.0 Å². The minimum absolute atomic E-state index is 0.00603. The number of rotatable bonds is 7. The lowest BCUT2D eigenvalue weighted by Crippen LogP contribution is -2.33. The number of amides is 1. The van der Waals surface area contributed by atoms with E-state index < -0.39 is 5.82 Å². The highest BCUT2D eigenvalue weighted by molar-refractivity contribution is 6.32. The summed E-state index contributed by atoms with van der Waals surface area (Å²) < 4.78 is 18.2. The number of benzene rings is 1. The van der Waals surface area contributed by atoms with Gasteiger partial charge in [0.05, 0.1) is 18.1 Å². The maximum atomic E-state index is 12.8. The number of nitrogens with one attached hydrogen (secondary N) is 1. The Kier molecular flexibility index (Phi) is 6.59. The predicted molar refractivity (Wildman–Crippen MR) is 73.1 cm³/mol. The molecule has 0 saturated heterocycles. The van der Waals surface area contributed by atoms with Crippen LogP contribution in [0.2, 0.25) is 5.02 Å². The van der Waals surface area contributed by atoms with Crippen molar-refractivity contribution < 1.29 is 13.9 Å². The summed E-state index contributed by atoms with van der Waals surface area (Å²) in [6.45, 7) is 1.60. The molecule has 1 N–H and O–H groups in total. The average molecular weight is 289 g/mol. The zero-order valence-electron chi connectivity index (χ0n) is 11.1. The Balaban J connectivity index is 2.35. The van der Waals surface area contributed by atoms with Gasteiger partial charge in [-0.05, 0) is 25.2 Å². The summed E-state index contributed by atoms with van der Waals surface area (Å²) in [4.78, 5) is 13.3. The summed E-state index contributed by atoms with van der Waals surface area (Å²) in [5.41, 5.74) is 0. The van der Waals surface area contributed by atoms with E-state index in [1.165, 1.54) is 18.2 Å². The summed E-state index contributed by atoms with van der Waals surface area (Å²) in [5.74, 6) is -0.0394. The molecular weight excluding hydrogens is 271 g/mol. The maximum Gasteiger partial charge on any atom is 0.225 e. The minimum Gasteiger partial charge on any atom is -0.491 e. The summed E-state index contributed by atoms with van der Waals surface area (Å²) in [7, 11) is 3.57. The van der Waals surface area contributed by atoms with Gasteiger partial charge in [-0.2, -0.15) is 0 Å². The summed E-state index contributed by atoms with van der Waals surface area (Å²) >= 11 is 5.81. The first-order valence-electron chi connectivity index (χ1n) is 6.01. The number of ether oxygens (including phenoxy) is 1. The number of hydrogen-bond donors (Lipinski definition) is 1. The first-order chi connectivity index (χ1) is 9.04. The molecule has 0 aliphatic heterocycles. The van der Waals surface area contributed by atoms with Crippen molar-refractivity contribution in [3.05, 3.63) is 29.0 Å². The van der Waals surface area contributed by atoms with Crippen molar-refractivity contribution in [1.82, 2.24) is 10.2 Å². The molecule has 0 spiro atoms. The van der Waals surface area contributed by atoms with Gasteiger partial charge in [-0.1, -0.05) is 11.6 Å². The molecule has 1 rings (SSSR count). The highest BCUT2D eigenvalue weighted by atomic mass is 35.5. The van der Waals surface area contributed by atoms with Crippen LogP contribution in [-0.2, 0) is 4.79 Å². The molecule has 0 unspecified atom stereocenters. The van der Waals surface area contributed by atoms with E-state index >= 15 is 0 Å². The highest BCUT2D eigenvalue weighted by Gasteiger charge is 2.09. The van der Waals surface area contributed by atoms with Gasteiger partial charge in [-0.15, -0.1) is 0 Å². The third-order valence-corrected chi connectivity index (χ3v) is 2.89. The fraction of sp³-hybridized carbons (Fsp3) is 0.462. The third-order valence-electron chi connectivity index (χ3n) is 2.59. The summed E-state index contributed by atoms with van der Waals surface area (Å²) in [5, 5.41) is 3.17. The molecule has 0 saturated carbocycles. The first kappa shape index (κ1) is 15.7. The van der Waals surface area contributed by atoms with Crippen molar-refractivity contribution in [3.63, 3.8) is 0 Å². The van der Waals surface area contributed by atoms with E-state index in [1.54, 1.807) is 11.9 Å². The van der Waals surface area contributed by atoms with E-state index in [9.17, 15) is 9.18 Å². The Hall–Kier alpha value is -1.33. The number of carbonyl (C=O) groups excluding carboxylic acids is 1. The SMILES string of the molecule is CNCCN(C)C(=O)CCOc1ccc(F)cc1Cl.